The Balaban J connectivity index is 1.47. The van der Waals surface area contributed by atoms with Crippen LogP contribution in [0.15, 0.2) is 48.5 Å². The average molecular weight is 488 g/mol. The number of aromatic amines is 1. The highest BCUT2D eigenvalue weighted by molar-refractivity contribution is 5.86. The summed E-state index contributed by atoms with van der Waals surface area (Å²) in [6.07, 6.45) is 0. The van der Waals surface area contributed by atoms with Gasteiger partial charge in [0.25, 0.3) is 0 Å². The average Bonchev–Trinajstić information content (AvgIpc) is 3.33. The molecule has 9 nitrogen and oxygen atoms in total. The fourth-order valence-electron chi connectivity index (χ4n) is 4.72. The van der Waals surface area contributed by atoms with Crippen molar-refractivity contribution < 1.29 is 18.9 Å². The molecule has 2 atom stereocenters. The SMILES string of the molecule is CCOc1cc(C2c3c(n[nH]c3-c3ccccc3)OC(=N)C2C#N)ccc1OCCN1CCOCC1. The van der Waals surface area contributed by atoms with Crippen LogP contribution < -0.4 is 14.2 Å². The van der Waals surface area contributed by atoms with Gasteiger partial charge in [0.2, 0.25) is 11.8 Å². The molecule has 0 amide bonds. The molecule has 1 saturated heterocycles. The van der Waals surface area contributed by atoms with Gasteiger partial charge in [-0.15, -0.1) is 5.10 Å². The van der Waals surface area contributed by atoms with Gasteiger partial charge in [-0.3, -0.25) is 15.4 Å². The number of hydrogen-bond acceptors (Lipinski definition) is 8. The zero-order valence-electron chi connectivity index (χ0n) is 20.2. The first-order chi connectivity index (χ1) is 17.7. The summed E-state index contributed by atoms with van der Waals surface area (Å²) >= 11 is 0. The number of rotatable bonds is 8. The molecule has 2 aliphatic heterocycles. The second-order valence-corrected chi connectivity index (χ2v) is 8.68. The summed E-state index contributed by atoms with van der Waals surface area (Å²) < 4.78 is 23.1. The Labute approximate surface area is 210 Å². The summed E-state index contributed by atoms with van der Waals surface area (Å²) in [6.45, 7) is 7.05. The van der Waals surface area contributed by atoms with Gasteiger partial charge in [0, 0.05) is 25.6 Å². The van der Waals surface area contributed by atoms with Crippen molar-refractivity contribution in [3.05, 3.63) is 59.7 Å². The van der Waals surface area contributed by atoms with Gasteiger partial charge in [-0.25, -0.2) is 0 Å². The van der Waals surface area contributed by atoms with E-state index in [1.54, 1.807) is 0 Å². The number of morpholine rings is 1. The molecule has 2 aromatic carbocycles. The summed E-state index contributed by atoms with van der Waals surface area (Å²) in [6, 6.07) is 17.8. The maximum atomic E-state index is 10.0. The van der Waals surface area contributed by atoms with E-state index in [2.05, 4.69) is 21.2 Å². The lowest BCUT2D eigenvalue weighted by Gasteiger charge is -2.29. The van der Waals surface area contributed by atoms with Gasteiger partial charge in [0.05, 0.1) is 37.1 Å². The number of aromatic nitrogens is 2. The predicted molar refractivity (Wildman–Crippen MR) is 134 cm³/mol. The lowest BCUT2D eigenvalue weighted by atomic mass is 9.78. The lowest BCUT2D eigenvalue weighted by molar-refractivity contribution is 0.0321. The molecule has 0 bridgehead atoms. The molecular formula is C27H29N5O4. The van der Waals surface area contributed by atoms with Crippen molar-refractivity contribution in [3.8, 4) is 34.7 Å². The van der Waals surface area contributed by atoms with E-state index in [-0.39, 0.29) is 5.90 Å². The smallest absolute Gasteiger partial charge is 0.244 e. The Morgan fingerprint density at radius 1 is 1.14 bits per heavy atom. The Bertz CT molecular complexity index is 1250. The van der Waals surface area contributed by atoms with Crippen molar-refractivity contribution in [3.63, 3.8) is 0 Å². The molecule has 36 heavy (non-hydrogen) atoms. The third-order valence-corrected chi connectivity index (χ3v) is 6.50. The molecule has 0 aliphatic carbocycles. The number of nitrogens with zero attached hydrogens (tertiary/aromatic N) is 3. The van der Waals surface area contributed by atoms with Gasteiger partial charge in [-0.1, -0.05) is 36.4 Å². The molecule has 186 valence electrons. The monoisotopic (exact) mass is 487 g/mol. The van der Waals surface area contributed by atoms with Crippen molar-refractivity contribution in [2.24, 2.45) is 5.92 Å². The maximum Gasteiger partial charge on any atom is 0.244 e. The first-order valence-corrected chi connectivity index (χ1v) is 12.2. The molecule has 2 aliphatic rings. The lowest BCUT2D eigenvalue weighted by Crippen LogP contribution is -2.38. The second-order valence-electron chi connectivity index (χ2n) is 8.68. The Hall–Kier alpha value is -3.87. The van der Waals surface area contributed by atoms with Crippen LogP contribution in [-0.2, 0) is 4.74 Å². The molecule has 0 radical (unpaired) electrons. The zero-order chi connectivity index (χ0) is 24.9. The van der Waals surface area contributed by atoms with Crippen LogP contribution in [0.1, 0.15) is 24.0 Å². The number of H-pyrrole nitrogens is 1. The van der Waals surface area contributed by atoms with E-state index >= 15 is 0 Å². The number of ether oxygens (including phenoxy) is 4. The maximum absolute atomic E-state index is 10.0. The van der Waals surface area contributed by atoms with Crippen LogP contribution >= 0.6 is 0 Å². The minimum absolute atomic E-state index is 0.120. The fraction of sp³-hybridized carbons (Fsp3) is 0.370. The molecule has 1 fully saturated rings. The Kier molecular flexibility index (Phi) is 7.16. The summed E-state index contributed by atoms with van der Waals surface area (Å²) in [5.41, 5.74) is 3.29. The topological polar surface area (TPSA) is 116 Å². The molecular weight excluding hydrogens is 458 g/mol. The van der Waals surface area contributed by atoms with Crippen molar-refractivity contribution >= 4 is 5.90 Å². The van der Waals surface area contributed by atoms with E-state index < -0.39 is 11.8 Å². The van der Waals surface area contributed by atoms with Gasteiger partial charge in [0.15, 0.2) is 11.5 Å². The number of nitrogens with one attached hydrogen (secondary N) is 2. The summed E-state index contributed by atoms with van der Waals surface area (Å²) in [5.74, 6) is 0.198. The highest BCUT2D eigenvalue weighted by Gasteiger charge is 2.41. The van der Waals surface area contributed by atoms with Crippen LogP contribution in [-0.4, -0.2) is 67.1 Å². The predicted octanol–water partition coefficient (Wildman–Crippen LogP) is 3.83. The minimum atomic E-state index is -0.805. The highest BCUT2D eigenvalue weighted by atomic mass is 16.5. The number of nitriles is 1. The molecule has 3 heterocycles. The van der Waals surface area contributed by atoms with Crippen molar-refractivity contribution in [2.75, 3.05) is 46.1 Å². The molecule has 2 N–H and O–H groups in total. The van der Waals surface area contributed by atoms with Crippen LogP contribution in [0.3, 0.4) is 0 Å². The quantitative estimate of drug-likeness (QED) is 0.496. The van der Waals surface area contributed by atoms with Gasteiger partial charge >= 0.3 is 0 Å². The van der Waals surface area contributed by atoms with Crippen molar-refractivity contribution in [2.45, 2.75) is 12.8 Å². The number of hydrogen-bond donors (Lipinski definition) is 2. The van der Waals surface area contributed by atoms with E-state index in [0.717, 1.165) is 55.2 Å². The summed E-state index contributed by atoms with van der Waals surface area (Å²) in [7, 11) is 0. The van der Waals surface area contributed by atoms with E-state index in [9.17, 15) is 5.26 Å². The first-order valence-electron chi connectivity index (χ1n) is 12.2. The third kappa shape index (κ3) is 4.78. The van der Waals surface area contributed by atoms with Crippen LogP contribution in [0.4, 0.5) is 0 Å². The largest absolute Gasteiger partial charge is 0.490 e. The van der Waals surface area contributed by atoms with E-state index in [1.165, 1.54) is 0 Å². The van der Waals surface area contributed by atoms with Crippen LogP contribution in [0.5, 0.6) is 17.4 Å². The summed E-state index contributed by atoms with van der Waals surface area (Å²) in [4.78, 5) is 2.31. The number of fused-ring (bicyclic) bond motifs is 1. The normalized spacial score (nSPS) is 19.7. The van der Waals surface area contributed by atoms with Gasteiger partial charge in [-0.2, -0.15) is 5.26 Å². The van der Waals surface area contributed by atoms with Gasteiger partial charge < -0.3 is 18.9 Å². The molecule has 0 spiro atoms. The zero-order valence-corrected chi connectivity index (χ0v) is 20.2. The molecule has 2 unspecified atom stereocenters. The first kappa shape index (κ1) is 23.9. The Morgan fingerprint density at radius 2 is 1.94 bits per heavy atom. The Morgan fingerprint density at radius 3 is 2.69 bits per heavy atom. The highest BCUT2D eigenvalue weighted by Crippen LogP contribution is 2.47. The van der Waals surface area contributed by atoms with Crippen LogP contribution in [0.25, 0.3) is 11.3 Å². The van der Waals surface area contributed by atoms with E-state index in [1.807, 2.05) is 55.5 Å². The molecule has 5 rings (SSSR count). The van der Waals surface area contributed by atoms with Gasteiger partial charge in [0.1, 0.15) is 12.5 Å². The summed E-state index contributed by atoms with van der Waals surface area (Å²) in [5, 5.41) is 25.8. The second kappa shape index (κ2) is 10.8. The van der Waals surface area contributed by atoms with Crippen LogP contribution in [0.2, 0.25) is 0 Å². The van der Waals surface area contributed by atoms with E-state index in [4.69, 9.17) is 24.4 Å². The molecule has 1 aromatic heterocycles. The molecule has 9 heteroatoms. The van der Waals surface area contributed by atoms with Crippen molar-refractivity contribution in [1.82, 2.24) is 15.1 Å². The van der Waals surface area contributed by atoms with Crippen LogP contribution in [0, 0.1) is 22.7 Å². The fourth-order valence-corrected chi connectivity index (χ4v) is 4.72. The third-order valence-electron chi connectivity index (χ3n) is 6.50. The molecule has 0 saturated carbocycles. The van der Waals surface area contributed by atoms with Crippen molar-refractivity contribution in [1.29, 1.82) is 10.7 Å². The standard InChI is InChI=1S/C27H29N5O4/c1-2-34-22-16-19(8-9-21(22)35-15-12-32-10-13-33-14-11-32)23-20(17-28)26(29)36-27-24(23)25(30-31-27)18-6-4-3-5-7-18/h3-9,16,20,23,29H,2,10-15H2,1H3,(H,30,31). The molecule has 3 aromatic rings. The van der Waals surface area contributed by atoms with E-state index in [0.29, 0.717) is 30.6 Å². The number of benzene rings is 2. The minimum Gasteiger partial charge on any atom is -0.490 e. The van der Waals surface area contributed by atoms with Gasteiger partial charge in [-0.05, 0) is 30.2 Å².